The molecule has 3 aliphatic rings. The molecule has 1 saturated carbocycles. The first-order valence-corrected chi connectivity index (χ1v) is 10.9. The van der Waals surface area contributed by atoms with Gasteiger partial charge in [-0.2, -0.15) is 0 Å². The molecule has 7 rings (SSSR count). The summed E-state index contributed by atoms with van der Waals surface area (Å²) >= 11 is 0. The average molecular weight is 421 g/mol. The molecule has 3 heterocycles. The Morgan fingerprint density at radius 2 is 1.62 bits per heavy atom. The van der Waals surface area contributed by atoms with Gasteiger partial charge in [0.2, 0.25) is 11.8 Å². The van der Waals surface area contributed by atoms with Crippen molar-refractivity contribution in [3.63, 3.8) is 0 Å². The number of hydrogen-bond acceptors (Lipinski definition) is 5. The van der Waals surface area contributed by atoms with Crippen LogP contribution in [0.15, 0.2) is 67.0 Å². The highest BCUT2D eigenvalue weighted by atomic mass is 16.2. The van der Waals surface area contributed by atoms with Crippen molar-refractivity contribution in [3.05, 3.63) is 72.6 Å². The number of nitrogens with zero attached hydrogens (tertiary/aromatic N) is 5. The molecule has 4 aromatic rings. The lowest BCUT2D eigenvalue weighted by Gasteiger charge is -2.17. The van der Waals surface area contributed by atoms with E-state index in [0.29, 0.717) is 12.4 Å². The third-order valence-corrected chi connectivity index (χ3v) is 7.20. The van der Waals surface area contributed by atoms with Gasteiger partial charge in [0.25, 0.3) is 0 Å². The van der Waals surface area contributed by atoms with E-state index in [4.69, 9.17) is 4.98 Å². The molecule has 4 atom stereocenters. The average Bonchev–Trinajstić information content (AvgIpc) is 3.59. The predicted octanol–water partition coefficient (Wildman–Crippen LogP) is 3.25. The number of rotatable bonds is 3. The summed E-state index contributed by atoms with van der Waals surface area (Å²) in [6.45, 7) is 0.317. The highest BCUT2D eigenvalue weighted by Crippen LogP contribution is 2.52. The lowest BCUT2D eigenvalue weighted by Crippen LogP contribution is -2.32. The van der Waals surface area contributed by atoms with E-state index < -0.39 is 0 Å². The molecule has 1 saturated heterocycles. The maximum Gasteiger partial charge on any atom is 0.234 e. The second-order valence-corrected chi connectivity index (χ2v) is 8.92. The molecule has 2 bridgehead atoms. The van der Waals surface area contributed by atoms with E-state index in [-0.39, 0.29) is 35.5 Å². The molecule has 0 spiro atoms. The highest BCUT2D eigenvalue weighted by molar-refractivity contribution is 6.06. The number of hydrogen-bond donors (Lipinski definition) is 0. The van der Waals surface area contributed by atoms with Gasteiger partial charge in [0.05, 0.1) is 23.9 Å². The van der Waals surface area contributed by atoms with Crippen molar-refractivity contribution in [2.45, 2.75) is 13.0 Å². The minimum absolute atomic E-state index is 0.0117. The van der Waals surface area contributed by atoms with Crippen LogP contribution in [0.4, 0.5) is 0 Å². The van der Waals surface area contributed by atoms with E-state index in [0.717, 1.165) is 34.1 Å². The molecule has 0 unspecified atom stereocenters. The van der Waals surface area contributed by atoms with Crippen LogP contribution in [0.1, 0.15) is 12.0 Å². The van der Waals surface area contributed by atoms with Crippen LogP contribution in [0.25, 0.3) is 27.9 Å². The summed E-state index contributed by atoms with van der Waals surface area (Å²) in [4.78, 5) is 36.5. The monoisotopic (exact) mass is 421 g/mol. The maximum absolute atomic E-state index is 12.9. The molecule has 2 aromatic heterocycles. The van der Waals surface area contributed by atoms with Gasteiger partial charge in [-0.05, 0) is 36.0 Å². The fourth-order valence-corrected chi connectivity index (χ4v) is 5.66. The van der Waals surface area contributed by atoms with Crippen LogP contribution >= 0.6 is 0 Å². The second kappa shape index (κ2) is 6.32. The lowest BCUT2D eigenvalue weighted by atomic mass is 9.85. The Morgan fingerprint density at radius 1 is 0.906 bits per heavy atom. The topological polar surface area (TPSA) is 80.5 Å². The molecule has 2 fully saturated rings. The molecule has 0 N–H and O–H groups in total. The zero-order valence-electron chi connectivity index (χ0n) is 17.1. The fraction of sp³-hybridized carbons (Fsp3) is 0.240. The summed E-state index contributed by atoms with van der Waals surface area (Å²) in [5, 5.41) is 5.52. The zero-order chi connectivity index (χ0) is 21.4. The van der Waals surface area contributed by atoms with Crippen molar-refractivity contribution < 1.29 is 9.59 Å². The first-order chi connectivity index (χ1) is 15.7. The smallest absolute Gasteiger partial charge is 0.234 e. The predicted molar refractivity (Wildman–Crippen MR) is 117 cm³/mol. The van der Waals surface area contributed by atoms with Gasteiger partial charge in [0, 0.05) is 10.9 Å². The third-order valence-electron chi connectivity index (χ3n) is 7.20. The van der Waals surface area contributed by atoms with E-state index in [1.807, 2.05) is 48.5 Å². The number of carbonyl (C=O) groups is 2. The van der Waals surface area contributed by atoms with Gasteiger partial charge in [-0.1, -0.05) is 48.6 Å². The number of allylic oxidation sites excluding steroid dienone is 2. The van der Waals surface area contributed by atoms with Crippen molar-refractivity contribution in [1.29, 1.82) is 0 Å². The molecule has 2 aromatic carbocycles. The summed E-state index contributed by atoms with van der Waals surface area (Å²) in [6.07, 6.45) is 6.87. The zero-order valence-corrected chi connectivity index (χ0v) is 17.1. The number of likely N-dealkylation sites (tertiary alicyclic amines) is 1. The van der Waals surface area contributed by atoms with Crippen molar-refractivity contribution in [2.75, 3.05) is 0 Å². The molecule has 2 amide bonds. The summed E-state index contributed by atoms with van der Waals surface area (Å²) in [7, 11) is 0. The summed E-state index contributed by atoms with van der Waals surface area (Å²) in [5.41, 5.74) is 3.44. The minimum Gasteiger partial charge on any atom is -0.278 e. The van der Waals surface area contributed by atoms with Crippen LogP contribution in [0.5, 0.6) is 0 Å². The number of para-hydroxylation sites is 1. The van der Waals surface area contributed by atoms with E-state index in [1.54, 1.807) is 10.8 Å². The molecule has 7 nitrogen and oxygen atoms in total. The van der Waals surface area contributed by atoms with Gasteiger partial charge in [-0.25, -0.2) is 14.5 Å². The Bertz CT molecular complexity index is 1420. The Kier molecular flexibility index (Phi) is 3.51. The second-order valence-electron chi connectivity index (χ2n) is 8.92. The minimum atomic E-state index is -0.151. The van der Waals surface area contributed by atoms with Crippen LogP contribution in [-0.2, 0) is 16.1 Å². The van der Waals surface area contributed by atoms with Gasteiger partial charge in [-0.3, -0.25) is 14.5 Å². The van der Waals surface area contributed by atoms with Crippen molar-refractivity contribution in [3.8, 4) is 11.4 Å². The molecule has 2 aliphatic carbocycles. The molecular weight excluding hydrogens is 402 g/mol. The molecule has 32 heavy (non-hydrogen) atoms. The third kappa shape index (κ3) is 2.39. The van der Waals surface area contributed by atoms with E-state index in [2.05, 4.69) is 22.2 Å². The number of fused-ring (bicyclic) bond motifs is 8. The largest absolute Gasteiger partial charge is 0.278 e. The van der Waals surface area contributed by atoms with E-state index in [9.17, 15) is 9.59 Å². The summed E-state index contributed by atoms with van der Waals surface area (Å²) in [6, 6.07) is 15.6. The Labute approximate surface area is 183 Å². The van der Waals surface area contributed by atoms with Gasteiger partial charge >= 0.3 is 0 Å². The number of benzene rings is 2. The van der Waals surface area contributed by atoms with Gasteiger partial charge < -0.3 is 0 Å². The highest BCUT2D eigenvalue weighted by Gasteiger charge is 2.59. The van der Waals surface area contributed by atoms with Gasteiger partial charge in [0.1, 0.15) is 6.33 Å². The number of carbonyl (C=O) groups excluding carboxylic acids is 2. The van der Waals surface area contributed by atoms with Crippen molar-refractivity contribution in [2.24, 2.45) is 23.7 Å². The van der Waals surface area contributed by atoms with Crippen LogP contribution in [0.3, 0.4) is 0 Å². The summed E-state index contributed by atoms with van der Waals surface area (Å²) in [5.74, 6) is 0.760. The van der Waals surface area contributed by atoms with E-state index in [1.165, 1.54) is 4.90 Å². The quantitative estimate of drug-likeness (QED) is 0.375. The van der Waals surface area contributed by atoms with Crippen LogP contribution in [0.2, 0.25) is 0 Å². The Hall–Kier alpha value is -3.87. The normalized spacial score (nSPS) is 26.1. The van der Waals surface area contributed by atoms with Crippen molar-refractivity contribution in [1.82, 2.24) is 24.5 Å². The molecular formula is C25H19N5O2. The SMILES string of the molecule is O=C1[C@H]2[C@H](C(=O)N1Cc1ccc(-c3nc4c5ccccc5ncn4n3)cc1)[C@H]1C=C[C@H]2C1. The molecule has 7 heteroatoms. The lowest BCUT2D eigenvalue weighted by molar-refractivity contribution is -0.141. The van der Waals surface area contributed by atoms with Crippen LogP contribution in [-0.4, -0.2) is 36.3 Å². The number of aromatic nitrogens is 4. The molecule has 1 aliphatic heterocycles. The van der Waals surface area contributed by atoms with Gasteiger partial charge in [0.15, 0.2) is 11.5 Å². The van der Waals surface area contributed by atoms with Crippen molar-refractivity contribution >= 4 is 28.4 Å². The van der Waals surface area contributed by atoms with Gasteiger partial charge in [-0.15, -0.1) is 5.10 Å². The standard InChI is InChI=1S/C25H19N5O2/c31-24-20-16-9-10-17(11-16)21(20)25(32)29(24)12-14-5-7-15(8-6-14)22-27-23-18-3-1-2-4-19(18)26-13-30(23)28-22/h1-10,13,16-17,20-21H,11-12H2/t16-,17-,20+,21+/m0/s1. The van der Waals surface area contributed by atoms with Crippen LogP contribution in [0, 0.1) is 23.7 Å². The maximum atomic E-state index is 12.9. The molecule has 0 radical (unpaired) electrons. The Morgan fingerprint density at radius 3 is 2.38 bits per heavy atom. The Balaban J connectivity index is 1.16. The molecule has 156 valence electrons. The van der Waals surface area contributed by atoms with E-state index >= 15 is 0 Å². The first-order valence-electron chi connectivity index (χ1n) is 10.9. The summed E-state index contributed by atoms with van der Waals surface area (Å²) < 4.78 is 1.69. The first kappa shape index (κ1) is 17.8. The van der Waals surface area contributed by atoms with Crippen LogP contribution < -0.4 is 0 Å². The number of imide groups is 1. The fourth-order valence-electron chi connectivity index (χ4n) is 5.66. The number of amides is 2.